The molecular formula is C12H15NO. The van der Waals surface area contributed by atoms with Crippen LogP contribution in [0.15, 0.2) is 17.1 Å². The van der Waals surface area contributed by atoms with Gasteiger partial charge < -0.3 is 0 Å². The van der Waals surface area contributed by atoms with E-state index in [0.29, 0.717) is 0 Å². The van der Waals surface area contributed by atoms with Crippen LogP contribution in [0.25, 0.3) is 0 Å². The number of ketones is 1. The summed E-state index contributed by atoms with van der Waals surface area (Å²) in [6.07, 6.45) is 1.76. The Balaban J connectivity index is 3.30. The Morgan fingerprint density at radius 3 is 2.43 bits per heavy atom. The summed E-state index contributed by atoms with van der Waals surface area (Å²) in [5.41, 5.74) is 3.76. The van der Waals surface area contributed by atoms with Gasteiger partial charge in [-0.05, 0) is 51.0 Å². The molecule has 0 aliphatic carbocycles. The molecule has 1 aromatic carbocycles. The smallest absolute Gasteiger partial charge is 0.160 e. The van der Waals surface area contributed by atoms with Crippen LogP contribution in [0.5, 0.6) is 0 Å². The summed E-state index contributed by atoms with van der Waals surface area (Å²) in [5, 5.41) is 0. The van der Waals surface area contributed by atoms with Gasteiger partial charge in [-0.25, -0.2) is 0 Å². The first-order chi connectivity index (χ1) is 6.56. The van der Waals surface area contributed by atoms with E-state index in [0.717, 1.165) is 22.4 Å². The zero-order valence-corrected chi connectivity index (χ0v) is 9.09. The Kier molecular flexibility index (Phi) is 3.18. The minimum Gasteiger partial charge on any atom is -0.295 e. The Labute approximate surface area is 84.7 Å². The van der Waals surface area contributed by atoms with Gasteiger partial charge >= 0.3 is 0 Å². The maximum Gasteiger partial charge on any atom is 0.160 e. The minimum atomic E-state index is 0.109. The van der Waals surface area contributed by atoms with E-state index in [1.54, 1.807) is 13.1 Å². The molecule has 0 amide bonds. The van der Waals surface area contributed by atoms with Crippen LogP contribution in [0.4, 0.5) is 5.69 Å². The summed E-state index contributed by atoms with van der Waals surface area (Å²) in [6.45, 7) is 7.37. The molecule has 0 unspecified atom stereocenters. The second-order valence-corrected chi connectivity index (χ2v) is 3.40. The van der Waals surface area contributed by atoms with E-state index < -0.39 is 0 Å². The summed E-state index contributed by atoms with van der Waals surface area (Å²) in [4.78, 5) is 15.5. The third-order valence-corrected chi connectivity index (χ3v) is 2.19. The van der Waals surface area contributed by atoms with Crippen molar-refractivity contribution in [3.05, 3.63) is 28.8 Å². The highest BCUT2D eigenvalue weighted by Gasteiger charge is 2.06. The number of benzene rings is 1. The molecule has 0 saturated carbocycles. The van der Waals surface area contributed by atoms with Crippen LogP contribution in [-0.4, -0.2) is 12.0 Å². The zero-order valence-electron chi connectivity index (χ0n) is 9.09. The first-order valence-corrected chi connectivity index (χ1v) is 4.67. The molecule has 0 radical (unpaired) electrons. The maximum atomic E-state index is 11.2. The van der Waals surface area contributed by atoms with Crippen molar-refractivity contribution in [2.24, 2.45) is 4.99 Å². The van der Waals surface area contributed by atoms with Crippen LogP contribution < -0.4 is 0 Å². The van der Waals surface area contributed by atoms with E-state index in [1.807, 2.05) is 32.9 Å². The van der Waals surface area contributed by atoms with Gasteiger partial charge in [-0.15, -0.1) is 0 Å². The number of hydrogen-bond acceptors (Lipinski definition) is 2. The minimum absolute atomic E-state index is 0.109. The van der Waals surface area contributed by atoms with Crippen molar-refractivity contribution >= 4 is 17.7 Å². The van der Waals surface area contributed by atoms with E-state index in [2.05, 4.69) is 4.99 Å². The van der Waals surface area contributed by atoms with Gasteiger partial charge in [0.1, 0.15) is 0 Å². The Hall–Kier alpha value is -1.44. The summed E-state index contributed by atoms with van der Waals surface area (Å²) in [6, 6.07) is 3.85. The molecule has 1 aromatic rings. The molecule has 2 heteroatoms. The largest absolute Gasteiger partial charge is 0.295 e. The molecule has 0 aliphatic rings. The average molecular weight is 189 g/mol. The van der Waals surface area contributed by atoms with E-state index in [-0.39, 0.29) is 5.78 Å². The van der Waals surface area contributed by atoms with Crippen LogP contribution in [0.1, 0.15) is 35.3 Å². The fourth-order valence-corrected chi connectivity index (χ4v) is 1.46. The number of nitrogens with zero attached hydrogens (tertiary/aromatic N) is 1. The van der Waals surface area contributed by atoms with Gasteiger partial charge in [0.2, 0.25) is 0 Å². The molecule has 0 aromatic heterocycles. The number of rotatable bonds is 2. The van der Waals surface area contributed by atoms with E-state index in [9.17, 15) is 4.79 Å². The number of hydrogen-bond donors (Lipinski definition) is 0. The van der Waals surface area contributed by atoms with Gasteiger partial charge in [0.15, 0.2) is 5.78 Å². The van der Waals surface area contributed by atoms with Crippen molar-refractivity contribution in [3.8, 4) is 0 Å². The topological polar surface area (TPSA) is 29.4 Å². The number of aliphatic imine (C=N–C) groups is 1. The normalized spacial score (nSPS) is 10.9. The highest BCUT2D eigenvalue weighted by Crippen LogP contribution is 2.23. The lowest BCUT2D eigenvalue weighted by Crippen LogP contribution is -1.96. The Morgan fingerprint density at radius 2 is 1.93 bits per heavy atom. The highest BCUT2D eigenvalue weighted by molar-refractivity contribution is 5.96. The third kappa shape index (κ3) is 2.08. The number of carbonyl (C=O) groups is 1. The molecule has 2 nitrogen and oxygen atoms in total. The summed E-state index contributed by atoms with van der Waals surface area (Å²) >= 11 is 0. The maximum absolute atomic E-state index is 11.2. The van der Waals surface area contributed by atoms with Crippen LogP contribution >= 0.6 is 0 Å². The molecule has 0 spiro atoms. The molecule has 0 saturated heterocycles. The second kappa shape index (κ2) is 4.18. The van der Waals surface area contributed by atoms with Crippen LogP contribution in [0.3, 0.4) is 0 Å². The molecule has 0 aliphatic heterocycles. The van der Waals surface area contributed by atoms with Crippen LogP contribution in [0.2, 0.25) is 0 Å². The van der Waals surface area contributed by atoms with E-state index in [1.165, 1.54) is 0 Å². The quantitative estimate of drug-likeness (QED) is 0.518. The summed E-state index contributed by atoms with van der Waals surface area (Å²) < 4.78 is 0. The van der Waals surface area contributed by atoms with Crippen molar-refractivity contribution in [1.82, 2.24) is 0 Å². The van der Waals surface area contributed by atoms with Crippen molar-refractivity contribution in [1.29, 1.82) is 0 Å². The SMILES string of the molecule is C/C=N/c1cc(C)c(C(C)=O)cc1C. The average Bonchev–Trinajstić information content (AvgIpc) is 2.10. The molecule has 74 valence electrons. The fraction of sp³-hybridized carbons (Fsp3) is 0.333. The van der Waals surface area contributed by atoms with Crippen molar-refractivity contribution in [3.63, 3.8) is 0 Å². The van der Waals surface area contributed by atoms with Gasteiger partial charge in [-0.1, -0.05) is 0 Å². The molecule has 0 bridgehead atoms. The van der Waals surface area contributed by atoms with E-state index in [4.69, 9.17) is 0 Å². The monoisotopic (exact) mass is 189 g/mol. The molecule has 0 atom stereocenters. The summed E-state index contributed by atoms with van der Waals surface area (Å²) in [5.74, 6) is 0.109. The molecule has 0 fully saturated rings. The molecule has 0 heterocycles. The van der Waals surface area contributed by atoms with Gasteiger partial charge in [-0.2, -0.15) is 0 Å². The number of aryl methyl sites for hydroxylation is 2. The first kappa shape index (κ1) is 10.6. The lowest BCUT2D eigenvalue weighted by molar-refractivity contribution is 0.101. The number of Topliss-reactive ketones (excluding diaryl/α,β-unsaturated/α-hetero) is 1. The van der Waals surface area contributed by atoms with Crippen molar-refractivity contribution < 1.29 is 4.79 Å². The molecular weight excluding hydrogens is 174 g/mol. The first-order valence-electron chi connectivity index (χ1n) is 4.67. The molecule has 14 heavy (non-hydrogen) atoms. The van der Waals surface area contributed by atoms with Crippen LogP contribution in [0, 0.1) is 13.8 Å². The molecule has 1 rings (SSSR count). The predicted octanol–water partition coefficient (Wildman–Crippen LogP) is 3.23. The third-order valence-electron chi connectivity index (χ3n) is 2.19. The van der Waals surface area contributed by atoms with Gasteiger partial charge in [0.05, 0.1) is 5.69 Å². The predicted molar refractivity (Wildman–Crippen MR) is 59.7 cm³/mol. The van der Waals surface area contributed by atoms with Gasteiger partial charge in [-0.3, -0.25) is 9.79 Å². The van der Waals surface area contributed by atoms with E-state index >= 15 is 0 Å². The standard InChI is InChI=1S/C12H15NO/c1-5-13-12-7-8(2)11(10(4)14)6-9(12)3/h5-7H,1-4H3/b13-5+. The molecule has 0 N–H and O–H groups in total. The zero-order chi connectivity index (χ0) is 10.7. The fourth-order valence-electron chi connectivity index (χ4n) is 1.46. The number of carbonyl (C=O) groups excluding carboxylic acids is 1. The summed E-state index contributed by atoms with van der Waals surface area (Å²) in [7, 11) is 0. The van der Waals surface area contributed by atoms with Gasteiger partial charge in [0.25, 0.3) is 0 Å². The van der Waals surface area contributed by atoms with Gasteiger partial charge in [0, 0.05) is 11.8 Å². The Bertz CT molecular complexity index is 392. The lowest BCUT2D eigenvalue weighted by atomic mass is 10.0. The lowest BCUT2D eigenvalue weighted by Gasteiger charge is -2.06. The van der Waals surface area contributed by atoms with Crippen LogP contribution in [-0.2, 0) is 0 Å². The second-order valence-electron chi connectivity index (χ2n) is 3.40. The Morgan fingerprint density at radius 1 is 1.29 bits per heavy atom. The van der Waals surface area contributed by atoms with Crippen molar-refractivity contribution in [2.75, 3.05) is 0 Å². The highest BCUT2D eigenvalue weighted by atomic mass is 16.1. The van der Waals surface area contributed by atoms with Crippen molar-refractivity contribution in [2.45, 2.75) is 27.7 Å².